The Labute approximate surface area is 117 Å². The van der Waals surface area contributed by atoms with Crippen LogP contribution in [0, 0.1) is 0 Å². The van der Waals surface area contributed by atoms with Gasteiger partial charge in [0.05, 0.1) is 11.9 Å². The van der Waals surface area contributed by atoms with Crippen molar-refractivity contribution in [2.45, 2.75) is 37.5 Å². The van der Waals surface area contributed by atoms with E-state index in [-0.39, 0.29) is 18.3 Å². The lowest BCUT2D eigenvalue weighted by Crippen LogP contribution is -2.46. The Morgan fingerprint density at radius 3 is 2.55 bits per heavy atom. The van der Waals surface area contributed by atoms with E-state index in [0.717, 1.165) is 6.26 Å². The van der Waals surface area contributed by atoms with Gasteiger partial charge in [-0.05, 0) is 19.3 Å². The number of carbonyl (C=O) groups is 2. The largest absolute Gasteiger partial charge is 0.480 e. The van der Waals surface area contributed by atoms with Crippen LogP contribution in [0.2, 0.25) is 0 Å². The zero-order chi connectivity index (χ0) is 15.3. The fourth-order valence-corrected chi connectivity index (χ4v) is 2.59. The van der Waals surface area contributed by atoms with Crippen molar-refractivity contribution in [1.29, 1.82) is 0 Å². The molecule has 0 aromatic carbocycles. The average molecular weight is 308 g/mol. The zero-order valence-electron chi connectivity index (χ0n) is 11.2. The minimum atomic E-state index is -3.28. The van der Waals surface area contributed by atoms with Crippen LogP contribution in [0.1, 0.15) is 19.3 Å². The number of amides is 1. The van der Waals surface area contributed by atoms with Crippen LogP contribution < -0.4 is 11.1 Å². The van der Waals surface area contributed by atoms with Crippen LogP contribution in [0.4, 0.5) is 0 Å². The molecule has 20 heavy (non-hydrogen) atoms. The smallest absolute Gasteiger partial charge is 0.326 e. The van der Waals surface area contributed by atoms with Gasteiger partial charge in [-0.1, -0.05) is 0 Å². The number of nitrogens with two attached hydrogens (primary N) is 1. The predicted octanol–water partition coefficient (Wildman–Crippen LogP) is -1.50. The normalized spacial score (nSPS) is 24.3. The first-order valence-corrected chi connectivity index (χ1v) is 8.35. The molecule has 1 heterocycles. The number of carboxylic acid groups (broad SMARTS) is 1. The fourth-order valence-electron chi connectivity index (χ4n) is 1.93. The molecule has 3 atom stereocenters. The number of nitrogens with one attached hydrogen (secondary N) is 1. The molecule has 1 aliphatic rings. The number of aliphatic carboxylic acids is 1. The van der Waals surface area contributed by atoms with Crippen LogP contribution in [0.3, 0.4) is 0 Å². The van der Waals surface area contributed by atoms with Gasteiger partial charge in [0.1, 0.15) is 22.0 Å². The molecule has 8 nitrogen and oxygen atoms in total. The van der Waals surface area contributed by atoms with E-state index < -0.39 is 33.9 Å². The Kier molecular flexibility index (Phi) is 5.90. The van der Waals surface area contributed by atoms with E-state index in [4.69, 9.17) is 15.6 Å². The topological polar surface area (TPSA) is 136 Å². The molecule has 0 radical (unpaired) electrons. The summed E-state index contributed by atoms with van der Waals surface area (Å²) in [6.07, 6.45) is 1.06. The lowest BCUT2D eigenvalue weighted by atomic mass is 10.1. The molecule has 1 fully saturated rings. The molecule has 1 rings (SSSR count). The van der Waals surface area contributed by atoms with E-state index in [2.05, 4.69) is 5.32 Å². The maximum Gasteiger partial charge on any atom is 0.326 e. The molecule has 3 unspecified atom stereocenters. The molecule has 116 valence electrons. The molecule has 1 amide bonds. The molecule has 0 saturated carbocycles. The maximum atomic E-state index is 11.9. The van der Waals surface area contributed by atoms with Gasteiger partial charge in [0.25, 0.3) is 0 Å². The van der Waals surface area contributed by atoms with Crippen LogP contribution in [-0.2, 0) is 24.2 Å². The van der Waals surface area contributed by atoms with Crippen LogP contribution in [0.5, 0.6) is 0 Å². The van der Waals surface area contributed by atoms with E-state index in [0.29, 0.717) is 19.4 Å². The summed E-state index contributed by atoms with van der Waals surface area (Å²) < 4.78 is 27.4. The van der Waals surface area contributed by atoms with Crippen molar-refractivity contribution in [1.82, 2.24) is 5.32 Å². The second-order valence-electron chi connectivity index (χ2n) is 4.88. The van der Waals surface area contributed by atoms with Crippen molar-refractivity contribution in [2.24, 2.45) is 5.73 Å². The Morgan fingerprint density at radius 2 is 2.10 bits per heavy atom. The summed E-state index contributed by atoms with van der Waals surface area (Å²) in [6, 6.07) is -1.24. The van der Waals surface area contributed by atoms with E-state index in [1.54, 1.807) is 0 Å². The maximum absolute atomic E-state index is 11.9. The molecular formula is C11H20N2O6S. The number of carboxylic acids is 1. The quantitative estimate of drug-likeness (QED) is 0.520. The molecular weight excluding hydrogens is 288 g/mol. The fraction of sp³-hybridized carbons (Fsp3) is 0.818. The van der Waals surface area contributed by atoms with Crippen molar-refractivity contribution in [2.75, 3.05) is 18.6 Å². The van der Waals surface area contributed by atoms with E-state index >= 15 is 0 Å². The summed E-state index contributed by atoms with van der Waals surface area (Å²) in [6.45, 7) is 0.306. The van der Waals surface area contributed by atoms with Gasteiger partial charge in [-0.2, -0.15) is 0 Å². The highest BCUT2D eigenvalue weighted by molar-refractivity contribution is 7.90. The third kappa shape index (κ3) is 5.43. The molecule has 0 aromatic heterocycles. The first-order valence-electron chi connectivity index (χ1n) is 6.29. The van der Waals surface area contributed by atoms with Crippen molar-refractivity contribution < 1.29 is 27.9 Å². The first kappa shape index (κ1) is 16.9. The molecule has 9 heteroatoms. The van der Waals surface area contributed by atoms with Gasteiger partial charge in [0, 0.05) is 12.8 Å². The van der Waals surface area contributed by atoms with Crippen LogP contribution in [0.25, 0.3) is 0 Å². The van der Waals surface area contributed by atoms with Crippen molar-refractivity contribution in [3.63, 3.8) is 0 Å². The van der Waals surface area contributed by atoms with Gasteiger partial charge in [-0.15, -0.1) is 0 Å². The van der Waals surface area contributed by atoms with E-state index in [1.807, 2.05) is 0 Å². The highest BCUT2D eigenvalue weighted by atomic mass is 32.2. The van der Waals surface area contributed by atoms with Crippen LogP contribution in [-0.4, -0.2) is 62.2 Å². The van der Waals surface area contributed by atoms with Gasteiger partial charge in [0.15, 0.2) is 0 Å². The van der Waals surface area contributed by atoms with E-state index in [1.165, 1.54) is 0 Å². The second kappa shape index (κ2) is 7.00. The summed E-state index contributed by atoms with van der Waals surface area (Å²) in [5, 5.41) is 11.3. The number of ether oxygens (including phenoxy) is 1. The number of carbonyl (C=O) groups excluding carboxylic acids is 1. The summed E-state index contributed by atoms with van der Waals surface area (Å²) >= 11 is 0. The molecule has 0 bridgehead atoms. The molecule has 0 aromatic rings. The van der Waals surface area contributed by atoms with Crippen LogP contribution >= 0.6 is 0 Å². The number of hydrogen-bond acceptors (Lipinski definition) is 6. The predicted molar refractivity (Wildman–Crippen MR) is 70.8 cm³/mol. The third-order valence-electron chi connectivity index (χ3n) is 3.05. The third-order valence-corrected chi connectivity index (χ3v) is 4.03. The SMILES string of the molecule is CS(=O)(=O)CCC(NC(=O)C1CCC(CN)O1)C(=O)O. The molecule has 4 N–H and O–H groups in total. The highest BCUT2D eigenvalue weighted by Gasteiger charge is 2.32. The van der Waals surface area contributed by atoms with Crippen LogP contribution in [0.15, 0.2) is 0 Å². The lowest BCUT2D eigenvalue weighted by Gasteiger charge is -2.17. The van der Waals surface area contributed by atoms with Crippen molar-refractivity contribution in [3.8, 4) is 0 Å². The number of sulfone groups is 1. The highest BCUT2D eigenvalue weighted by Crippen LogP contribution is 2.19. The Bertz CT molecular complexity index is 464. The van der Waals surface area contributed by atoms with Gasteiger partial charge < -0.3 is 20.9 Å². The Hall–Kier alpha value is -1.19. The molecule has 1 aliphatic heterocycles. The van der Waals surface area contributed by atoms with Crippen molar-refractivity contribution >= 4 is 21.7 Å². The Balaban J connectivity index is 2.53. The van der Waals surface area contributed by atoms with Gasteiger partial charge >= 0.3 is 5.97 Å². The lowest BCUT2D eigenvalue weighted by molar-refractivity contribution is -0.144. The molecule has 0 aliphatic carbocycles. The monoisotopic (exact) mass is 308 g/mol. The standard InChI is InChI=1S/C11H20N2O6S/c1-20(17,18)5-4-8(11(15)16)13-10(14)9-3-2-7(6-12)19-9/h7-9H,2-6,12H2,1H3,(H,13,14)(H,15,16). The van der Waals surface area contributed by atoms with Crippen molar-refractivity contribution in [3.05, 3.63) is 0 Å². The Morgan fingerprint density at radius 1 is 1.45 bits per heavy atom. The average Bonchev–Trinajstić information content (AvgIpc) is 2.81. The zero-order valence-corrected chi connectivity index (χ0v) is 12.1. The van der Waals surface area contributed by atoms with E-state index in [9.17, 15) is 18.0 Å². The number of rotatable bonds is 7. The summed E-state index contributed by atoms with van der Waals surface area (Å²) in [4.78, 5) is 22.9. The first-order chi connectivity index (χ1) is 9.23. The van der Waals surface area contributed by atoms with Gasteiger partial charge in [-0.25, -0.2) is 13.2 Å². The van der Waals surface area contributed by atoms with Gasteiger partial charge in [-0.3, -0.25) is 4.79 Å². The summed E-state index contributed by atoms with van der Waals surface area (Å²) in [5.41, 5.74) is 5.42. The minimum absolute atomic E-state index is 0.174. The second-order valence-corrected chi connectivity index (χ2v) is 7.14. The summed E-state index contributed by atoms with van der Waals surface area (Å²) in [5.74, 6) is -2.11. The minimum Gasteiger partial charge on any atom is -0.480 e. The summed E-state index contributed by atoms with van der Waals surface area (Å²) in [7, 11) is -3.28. The molecule has 1 saturated heterocycles. The van der Waals surface area contributed by atoms with Gasteiger partial charge in [0.2, 0.25) is 5.91 Å². The molecule has 0 spiro atoms. The number of hydrogen-bond donors (Lipinski definition) is 3.